The Hall–Kier alpha value is -2.28. The van der Waals surface area contributed by atoms with Crippen LogP contribution in [0.3, 0.4) is 0 Å². The lowest BCUT2D eigenvalue weighted by molar-refractivity contribution is 0.591. The fourth-order valence-corrected chi connectivity index (χ4v) is 3.87. The molecule has 0 aliphatic rings. The third-order valence-electron chi connectivity index (χ3n) is 3.71. The van der Waals surface area contributed by atoms with Crippen LogP contribution in [-0.4, -0.2) is 44.8 Å². The van der Waals surface area contributed by atoms with E-state index in [1.54, 1.807) is 7.05 Å². The van der Waals surface area contributed by atoms with Gasteiger partial charge in [0.25, 0.3) is 0 Å². The summed E-state index contributed by atoms with van der Waals surface area (Å²) in [5.74, 6) is 0.944. The molecule has 0 fully saturated rings. The van der Waals surface area contributed by atoms with Crippen LogP contribution >= 0.6 is 0 Å². The quantitative estimate of drug-likeness (QED) is 0.404. The first kappa shape index (κ1) is 19.1. The van der Waals surface area contributed by atoms with Crippen molar-refractivity contribution in [3.8, 4) is 0 Å². The Morgan fingerprint density at radius 2 is 1.72 bits per heavy atom. The van der Waals surface area contributed by atoms with Crippen LogP contribution in [0.4, 0.5) is 0 Å². The third-order valence-corrected chi connectivity index (χ3v) is 5.39. The summed E-state index contributed by atoms with van der Waals surface area (Å²) in [4.78, 5) is 4.14. The zero-order chi connectivity index (χ0) is 18.0. The number of rotatable bonds is 9. The molecule has 6 nitrogen and oxygen atoms in total. The Morgan fingerprint density at radius 1 is 1.04 bits per heavy atom. The zero-order valence-electron chi connectivity index (χ0n) is 14.6. The molecule has 1 heterocycles. The fourth-order valence-electron chi connectivity index (χ4n) is 2.44. The van der Waals surface area contributed by atoms with Crippen LogP contribution in [-0.2, 0) is 22.1 Å². The average Bonchev–Trinajstić information content (AvgIpc) is 3.11. The van der Waals surface area contributed by atoms with Crippen molar-refractivity contribution in [1.82, 2.24) is 15.2 Å². The van der Waals surface area contributed by atoms with Crippen molar-refractivity contribution < 1.29 is 8.42 Å². The minimum Gasteiger partial charge on any atom is -0.356 e. The van der Waals surface area contributed by atoms with Gasteiger partial charge < -0.3 is 15.2 Å². The van der Waals surface area contributed by atoms with Crippen LogP contribution < -0.4 is 10.6 Å². The van der Waals surface area contributed by atoms with E-state index in [9.17, 15) is 8.42 Å². The molecule has 0 spiro atoms. The minimum absolute atomic E-state index is 0.0949. The second-order valence-corrected chi connectivity index (χ2v) is 7.96. The molecule has 2 aromatic rings. The molecule has 0 unspecified atom stereocenters. The van der Waals surface area contributed by atoms with Crippen LogP contribution in [0.25, 0.3) is 0 Å². The van der Waals surface area contributed by atoms with Gasteiger partial charge in [0.2, 0.25) is 0 Å². The zero-order valence-corrected chi connectivity index (χ0v) is 15.4. The van der Waals surface area contributed by atoms with Gasteiger partial charge in [-0.3, -0.25) is 4.99 Å². The van der Waals surface area contributed by atoms with Crippen molar-refractivity contribution in [3.63, 3.8) is 0 Å². The third kappa shape index (κ3) is 7.43. The van der Waals surface area contributed by atoms with Gasteiger partial charge in [-0.05, 0) is 24.1 Å². The Bertz CT molecular complexity index is 741. The smallest absolute Gasteiger partial charge is 0.191 e. The normalized spacial score (nSPS) is 12.1. The van der Waals surface area contributed by atoms with E-state index >= 15 is 0 Å². The number of guanidine groups is 1. The summed E-state index contributed by atoms with van der Waals surface area (Å²) < 4.78 is 26.4. The monoisotopic (exact) mass is 362 g/mol. The molecule has 0 aliphatic heterocycles. The van der Waals surface area contributed by atoms with Gasteiger partial charge in [0, 0.05) is 39.1 Å². The van der Waals surface area contributed by atoms with Gasteiger partial charge in [-0.15, -0.1) is 0 Å². The second-order valence-electron chi connectivity index (χ2n) is 5.78. The van der Waals surface area contributed by atoms with Crippen molar-refractivity contribution >= 4 is 15.8 Å². The van der Waals surface area contributed by atoms with E-state index in [1.807, 2.05) is 54.9 Å². The number of hydrogen-bond acceptors (Lipinski definition) is 3. The molecule has 0 radical (unpaired) electrons. The SMILES string of the molecule is CN=C(NCCCS(=O)(=O)Cc1ccccc1)NCCn1cccc1. The van der Waals surface area contributed by atoms with E-state index in [0.29, 0.717) is 18.9 Å². The molecule has 1 aromatic heterocycles. The molecular formula is C18H26N4O2S. The molecule has 2 N–H and O–H groups in total. The van der Waals surface area contributed by atoms with Gasteiger partial charge in [-0.1, -0.05) is 30.3 Å². The van der Waals surface area contributed by atoms with Crippen molar-refractivity contribution in [2.45, 2.75) is 18.7 Å². The Balaban J connectivity index is 1.64. The second kappa shape index (κ2) is 9.88. The highest BCUT2D eigenvalue weighted by molar-refractivity contribution is 7.90. The van der Waals surface area contributed by atoms with Gasteiger partial charge in [0.15, 0.2) is 15.8 Å². The number of sulfone groups is 1. The van der Waals surface area contributed by atoms with Gasteiger partial charge in [-0.25, -0.2) is 8.42 Å². The minimum atomic E-state index is -3.09. The lowest BCUT2D eigenvalue weighted by Crippen LogP contribution is -2.39. The van der Waals surface area contributed by atoms with E-state index in [1.165, 1.54) is 0 Å². The molecule has 2 rings (SSSR count). The van der Waals surface area contributed by atoms with Crippen LogP contribution in [0.2, 0.25) is 0 Å². The molecule has 0 bridgehead atoms. The highest BCUT2D eigenvalue weighted by Crippen LogP contribution is 2.06. The predicted molar refractivity (Wildman–Crippen MR) is 102 cm³/mol. The number of hydrogen-bond donors (Lipinski definition) is 2. The van der Waals surface area contributed by atoms with Crippen molar-refractivity contribution in [2.24, 2.45) is 4.99 Å². The highest BCUT2D eigenvalue weighted by Gasteiger charge is 2.11. The summed E-state index contributed by atoms with van der Waals surface area (Å²) >= 11 is 0. The van der Waals surface area contributed by atoms with E-state index in [4.69, 9.17) is 0 Å². The van der Waals surface area contributed by atoms with Crippen molar-refractivity contribution in [1.29, 1.82) is 0 Å². The van der Waals surface area contributed by atoms with E-state index in [-0.39, 0.29) is 11.5 Å². The number of benzene rings is 1. The van der Waals surface area contributed by atoms with Crippen LogP contribution in [0.5, 0.6) is 0 Å². The number of aliphatic imine (C=N–C) groups is 1. The molecule has 1 aromatic carbocycles. The maximum absolute atomic E-state index is 12.1. The highest BCUT2D eigenvalue weighted by atomic mass is 32.2. The Labute approximate surface area is 149 Å². The summed E-state index contributed by atoms with van der Waals surface area (Å²) in [5.41, 5.74) is 0.831. The standard InChI is InChI=1S/C18H26N4O2S/c1-19-18(21-11-14-22-12-5-6-13-22)20-10-7-15-25(23,24)16-17-8-3-2-4-9-17/h2-6,8-9,12-13H,7,10-11,14-16H2,1H3,(H2,19,20,21). The Kier molecular flexibility index (Phi) is 7.53. The van der Waals surface area contributed by atoms with Crippen molar-refractivity contribution in [3.05, 3.63) is 60.4 Å². The van der Waals surface area contributed by atoms with E-state index in [0.717, 1.165) is 18.7 Å². The molecule has 7 heteroatoms. The van der Waals surface area contributed by atoms with E-state index in [2.05, 4.69) is 20.2 Å². The number of nitrogens with zero attached hydrogens (tertiary/aromatic N) is 2. The van der Waals surface area contributed by atoms with Gasteiger partial charge in [0.1, 0.15) is 0 Å². The molecule has 0 aliphatic carbocycles. The molecule has 136 valence electrons. The topological polar surface area (TPSA) is 75.5 Å². The Morgan fingerprint density at radius 3 is 2.40 bits per heavy atom. The van der Waals surface area contributed by atoms with Crippen molar-refractivity contribution in [2.75, 3.05) is 25.9 Å². The first-order valence-electron chi connectivity index (χ1n) is 8.39. The van der Waals surface area contributed by atoms with E-state index < -0.39 is 9.84 Å². The first-order chi connectivity index (χ1) is 12.1. The van der Waals surface area contributed by atoms with Crippen LogP contribution in [0.15, 0.2) is 59.9 Å². The maximum atomic E-state index is 12.1. The molecule has 25 heavy (non-hydrogen) atoms. The summed E-state index contributed by atoms with van der Waals surface area (Å²) in [6.07, 6.45) is 4.57. The number of aromatic nitrogens is 1. The lowest BCUT2D eigenvalue weighted by atomic mass is 10.2. The summed E-state index contributed by atoms with van der Waals surface area (Å²) in [5, 5.41) is 6.36. The fraction of sp³-hybridized carbons (Fsp3) is 0.389. The molecule has 0 amide bonds. The number of nitrogens with one attached hydrogen (secondary N) is 2. The predicted octanol–water partition coefficient (Wildman–Crippen LogP) is 1.66. The van der Waals surface area contributed by atoms with Gasteiger partial charge >= 0.3 is 0 Å². The molecule has 0 atom stereocenters. The molecule has 0 saturated carbocycles. The van der Waals surface area contributed by atoms with Gasteiger partial charge in [0.05, 0.1) is 11.5 Å². The summed E-state index contributed by atoms with van der Waals surface area (Å²) in [6, 6.07) is 13.3. The largest absolute Gasteiger partial charge is 0.356 e. The summed E-state index contributed by atoms with van der Waals surface area (Å²) in [6.45, 7) is 2.16. The average molecular weight is 362 g/mol. The summed E-state index contributed by atoms with van der Waals surface area (Å²) in [7, 11) is -1.38. The van der Waals surface area contributed by atoms with Crippen LogP contribution in [0.1, 0.15) is 12.0 Å². The lowest BCUT2D eigenvalue weighted by Gasteiger charge is -2.12. The maximum Gasteiger partial charge on any atom is 0.191 e. The van der Waals surface area contributed by atoms with Crippen LogP contribution in [0, 0.1) is 0 Å². The first-order valence-corrected chi connectivity index (χ1v) is 10.2. The molecular weight excluding hydrogens is 336 g/mol. The van der Waals surface area contributed by atoms with Gasteiger partial charge in [-0.2, -0.15) is 0 Å². The molecule has 0 saturated heterocycles.